The minimum absolute atomic E-state index is 0.249. The maximum absolute atomic E-state index is 15.2. The Kier molecular flexibility index (Phi) is 8.50. The topological polar surface area (TPSA) is 70.5 Å². The van der Waals surface area contributed by atoms with Crippen LogP contribution >= 0.6 is 11.6 Å². The number of hydrogen-bond acceptors (Lipinski definition) is 4. The minimum atomic E-state index is -2.26. The predicted octanol–water partition coefficient (Wildman–Crippen LogP) is 7.31. The number of H-pyrrole nitrogens is 1. The van der Waals surface area contributed by atoms with Crippen molar-refractivity contribution in [3.63, 3.8) is 0 Å². The molecule has 2 atom stereocenters. The summed E-state index contributed by atoms with van der Waals surface area (Å²) in [6, 6.07) is 7.62. The third kappa shape index (κ3) is 4.85. The number of pyridine rings is 1. The number of rotatable bonds is 9. The molecule has 3 aromatic rings. The number of aliphatic imine (C=N–C) groups is 1. The largest absolute Gasteiger partial charge is 0.495 e. The van der Waals surface area contributed by atoms with Crippen LogP contribution in [-0.4, -0.2) is 42.8 Å². The Hall–Kier alpha value is -2.48. The highest BCUT2D eigenvalue weighted by molar-refractivity contribution is 6.97. The van der Waals surface area contributed by atoms with Gasteiger partial charge in [-0.2, -0.15) is 4.39 Å². The van der Waals surface area contributed by atoms with Crippen LogP contribution in [0.5, 0.6) is 5.75 Å². The normalized spacial score (nSPS) is 17.3. The molecule has 5 nitrogen and oxygen atoms in total. The fourth-order valence-corrected chi connectivity index (χ4v) is 14.1. The molecule has 2 N–H and O–H groups in total. The van der Waals surface area contributed by atoms with Crippen LogP contribution in [0.3, 0.4) is 0 Å². The molecule has 0 amide bonds. The zero-order valence-corrected chi connectivity index (χ0v) is 25.1. The van der Waals surface area contributed by atoms with E-state index >= 15 is 4.39 Å². The van der Waals surface area contributed by atoms with E-state index in [1.165, 1.54) is 0 Å². The van der Waals surface area contributed by atoms with Crippen molar-refractivity contribution in [1.29, 1.82) is 0 Å². The Labute approximate surface area is 231 Å². The quantitative estimate of drug-likeness (QED) is 0.215. The molecular weight excluding hydrogens is 517 g/mol. The third-order valence-electron chi connectivity index (χ3n) is 8.37. The molecule has 1 aliphatic rings. The lowest BCUT2D eigenvalue weighted by molar-refractivity contribution is 0.154. The first-order valence-corrected chi connectivity index (χ1v) is 16.0. The molecule has 0 fully saturated rings. The first-order chi connectivity index (χ1) is 18.0. The second-order valence-electron chi connectivity index (χ2n) is 11.3. The molecule has 2 aromatic heterocycles. The zero-order chi connectivity index (χ0) is 27.8. The Morgan fingerprint density at radius 3 is 2.39 bits per heavy atom. The number of aliphatic hydroxyl groups excluding tert-OH is 1. The van der Waals surface area contributed by atoms with Crippen molar-refractivity contribution in [3.05, 3.63) is 64.5 Å². The first-order valence-electron chi connectivity index (χ1n) is 13.4. The number of ether oxygens (including phenoxy) is 1. The van der Waals surface area contributed by atoms with Gasteiger partial charge in [0.05, 0.1) is 31.9 Å². The molecule has 3 heterocycles. The molecule has 0 aliphatic carbocycles. The number of nitrogens with zero attached hydrogens (tertiary/aromatic N) is 2. The molecule has 0 radical (unpaired) electrons. The number of methoxy groups -OCH3 is 1. The molecule has 1 aromatic carbocycles. The van der Waals surface area contributed by atoms with E-state index in [1.54, 1.807) is 19.5 Å². The summed E-state index contributed by atoms with van der Waals surface area (Å²) in [5, 5.41) is 14.4. The van der Waals surface area contributed by atoms with Crippen molar-refractivity contribution in [3.8, 4) is 5.75 Å². The van der Waals surface area contributed by atoms with E-state index in [0.717, 1.165) is 27.5 Å². The SMILES string of the molecule is COc1cnc2[nH]cc(C(O)C3C=C(Cc4ccccc4Cl)CN=C3F)c2c1[Si](C(C)C)(C(C)C)C(C)C. The fraction of sp³-hybridized carbons (Fsp3) is 0.467. The highest BCUT2D eigenvalue weighted by atomic mass is 35.5. The van der Waals surface area contributed by atoms with Gasteiger partial charge in [-0.3, -0.25) is 4.99 Å². The van der Waals surface area contributed by atoms with Gasteiger partial charge in [0.15, 0.2) is 5.97 Å². The van der Waals surface area contributed by atoms with Crippen LogP contribution < -0.4 is 9.92 Å². The summed E-state index contributed by atoms with van der Waals surface area (Å²) >= 11 is 6.38. The van der Waals surface area contributed by atoms with Gasteiger partial charge in [-0.05, 0) is 45.4 Å². The van der Waals surface area contributed by atoms with Crippen LogP contribution in [0.15, 0.2) is 53.3 Å². The van der Waals surface area contributed by atoms with E-state index in [-0.39, 0.29) is 6.54 Å². The number of nitrogens with one attached hydrogen (secondary N) is 1. The predicted molar refractivity (Wildman–Crippen MR) is 158 cm³/mol. The van der Waals surface area contributed by atoms with Crippen molar-refractivity contribution in [2.45, 2.75) is 70.7 Å². The van der Waals surface area contributed by atoms with Crippen LogP contribution in [0.25, 0.3) is 11.0 Å². The lowest BCUT2D eigenvalue weighted by atomic mass is 9.90. The number of aromatic amines is 1. The summed E-state index contributed by atoms with van der Waals surface area (Å²) in [7, 11) is -0.589. The van der Waals surface area contributed by atoms with Gasteiger partial charge in [0.1, 0.15) is 19.5 Å². The molecule has 2 unspecified atom stereocenters. The van der Waals surface area contributed by atoms with E-state index < -0.39 is 26.1 Å². The van der Waals surface area contributed by atoms with Gasteiger partial charge >= 0.3 is 0 Å². The average molecular weight is 556 g/mol. The summed E-state index contributed by atoms with van der Waals surface area (Å²) in [6.45, 7) is 14.0. The smallest absolute Gasteiger partial charge is 0.194 e. The van der Waals surface area contributed by atoms with Crippen LogP contribution in [-0.2, 0) is 6.42 Å². The summed E-state index contributed by atoms with van der Waals surface area (Å²) in [5.41, 5.74) is 4.39. The van der Waals surface area contributed by atoms with Gasteiger partial charge in [0.25, 0.3) is 0 Å². The highest BCUT2D eigenvalue weighted by Crippen LogP contribution is 2.45. The van der Waals surface area contributed by atoms with Crippen molar-refractivity contribution < 1.29 is 14.2 Å². The van der Waals surface area contributed by atoms with E-state index in [4.69, 9.17) is 16.3 Å². The van der Waals surface area contributed by atoms with Crippen LogP contribution in [0.4, 0.5) is 4.39 Å². The standard InChI is InChI=1S/C30H39ClFN3O2Si/c1-17(2)38(18(3)4,19(5)6)28-25(37-7)16-35-30-26(28)23(15-34-30)27(36)22-13-20(14-33-29(22)32)12-21-10-8-9-11-24(21)31/h8-11,13,15-19,22,27,36H,12,14H2,1-7H3,(H,34,35). The summed E-state index contributed by atoms with van der Waals surface area (Å²) in [6.07, 6.45) is 4.79. The van der Waals surface area contributed by atoms with E-state index in [0.29, 0.717) is 39.3 Å². The lowest BCUT2D eigenvalue weighted by Crippen LogP contribution is -2.56. The first kappa shape index (κ1) is 28.5. The van der Waals surface area contributed by atoms with Gasteiger partial charge in [-0.15, -0.1) is 0 Å². The maximum Gasteiger partial charge on any atom is 0.194 e. The number of benzene rings is 1. The number of aliphatic hydroxyl groups is 1. The number of hydrogen-bond donors (Lipinski definition) is 2. The van der Waals surface area contributed by atoms with Crippen molar-refractivity contribution >= 4 is 41.9 Å². The van der Waals surface area contributed by atoms with Crippen molar-refractivity contribution in [2.24, 2.45) is 10.9 Å². The van der Waals surface area contributed by atoms with Gasteiger partial charge in [0, 0.05) is 22.2 Å². The van der Waals surface area contributed by atoms with Crippen LogP contribution in [0, 0.1) is 5.92 Å². The monoisotopic (exact) mass is 555 g/mol. The van der Waals surface area contributed by atoms with E-state index in [9.17, 15) is 5.11 Å². The molecule has 0 saturated heterocycles. The maximum atomic E-state index is 15.2. The van der Waals surface area contributed by atoms with Crippen molar-refractivity contribution in [1.82, 2.24) is 9.97 Å². The molecule has 4 rings (SSSR count). The number of fused-ring (bicyclic) bond motifs is 1. The molecule has 1 aliphatic heterocycles. The van der Waals surface area contributed by atoms with Gasteiger partial charge in [-0.1, -0.05) is 77.4 Å². The van der Waals surface area contributed by atoms with Gasteiger partial charge in [0.2, 0.25) is 0 Å². The fourth-order valence-electron chi connectivity index (χ4n) is 6.86. The third-order valence-corrected chi connectivity index (χ3v) is 15.8. The van der Waals surface area contributed by atoms with Gasteiger partial charge in [-0.25, -0.2) is 4.98 Å². The molecule has 38 heavy (non-hydrogen) atoms. The molecule has 0 saturated carbocycles. The lowest BCUT2D eigenvalue weighted by Gasteiger charge is -2.44. The summed E-state index contributed by atoms with van der Waals surface area (Å²) in [5.74, 6) is -0.721. The Balaban J connectivity index is 1.87. The van der Waals surface area contributed by atoms with E-state index in [2.05, 4.69) is 56.5 Å². The van der Waals surface area contributed by atoms with Crippen LogP contribution in [0.1, 0.15) is 58.8 Å². The number of dihydropyridines is 1. The Morgan fingerprint density at radius 2 is 1.79 bits per heavy atom. The zero-order valence-electron chi connectivity index (χ0n) is 23.3. The Bertz CT molecular complexity index is 1340. The van der Waals surface area contributed by atoms with Gasteiger partial charge < -0.3 is 14.8 Å². The van der Waals surface area contributed by atoms with Crippen LogP contribution in [0.2, 0.25) is 21.6 Å². The average Bonchev–Trinajstić information content (AvgIpc) is 3.30. The summed E-state index contributed by atoms with van der Waals surface area (Å²) < 4.78 is 21.2. The molecule has 204 valence electrons. The second-order valence-corrected chi connectivity index (χ2v) is 17.5. The highest BCUT2D eigenvalue weighted by Gasteiger charge is 2.48. The number of aromatic nitrogens is 2. The molecule has 0 spiro atoms. The molecular formula is C30H39ClFN3O2Si. The summed E-state index contributed by atoms with van der Waals surface area (Å²) in [4.78, 5) is 12.0. The second kappa shape index (κ2) is 11.3. The minimum Gasteiger partial charge on any atom is -0.495 e. The number of halogens is 2. The molecule has 8 heteroatoms. The van der Waals surface area contributed by atoms with E-state index in [1.807, 2.05) is 30.3 Å². The molecule has 0 bridgehead atoms. The van der Waals surface area contributed by atoms with Crippen molar-refractivity contribution in [2.75, 3.05) is 13.7 Å². The Morgan fingerprint density at radius 1 is 1.13 bits per heavy atom.